The first-order valence-corrected chi connectivity index (χ1v) is 8.38. The molecule has 3 aliphatic rings. The van der Waals surface area contributed by atoms with Gasteiger partial charge in [0.2, 0.25) is 0 Å². The van der Waals surface area contributed by atoms with Crippen molar-refractivity contribution in [2.45, 2.75) is 18.6 Å². The number of fused-ring (bicyclic) bond motifs is 8. The first kappa shape index (κ1) is 14.1. The normalized spacial score (nSPS) is 31.8. The van der Waals surface area contributed by atoms with E-state index in [4.69, 9.17) is 14.2 Å². The molecule has 1 saturated heterocycles. The summed E-state index contributed by atoms with van der Waals surface area (Å²) in [6, 6.07) is 14.7. The second-order valence-corrected chi connectivity index (χ2v) is 7.01. The molecule has 1 fully saturated rings. The highest BCUT2D eigenvalue weighted by Gasteiger charge is 2.63. The van der Waals surface area contributed by atoms with Crippen molar-refractivity contribution >= 4 is 5.57 Å². The molecule has 3 heteroatoms. The quantitative estimate of drug-likeness (QED) is 0.842. The summed E-state index contributed by atoms with van der Waals surface area (Å²) in [5, 5.41) is 0. The fourth-order valence-electron chi connectivity index (χ4n) is 4.79. The van der Waals surface area contributed by atoms with Crippen molar-refractivity contribution in [1.29, 1.82) is 0 Å². The standard InChI is InChI=1S/C21H20O3/c1-21-18-7-5-4-6-15(18)20(24-21)17-11-16(19(17)21)12-8-13(22-2)10-14(9-12)23-3/h4-11,17,19-20H,1-3H3. The highest BCUT2D eigenvalue weighted by Crippen LogP contribution is 2.68. The highest BCUT2D eigenvalue weighted by atomic mass is 16.5. The Labute approximate surface area is 141 Å². The van der Waals surface area contributed by atoms with Gasteiger partial charge in [-0.25, -0.2) is 0 Å². The number of rotatable bonds is 3. The summed E-state index contributed by atoms with van der Waals surface area (Å²) in [7, 11) is 3.38. The summed E-state index contributed by atoms with van der Waals surface area (Å²) in [5.41, 5.74) is 4.99. The lowest BCUT2D eigenvalue weighted by atomic mass is 9.59. The molecule has 0 radical (unpaired) electrons. The van der Waals surface area contributed by atoms with E-state index in [-0.39, 0.29) is 11.7 Å². The van der Waals surface area contributed by atoms with Crippen LogP contribution in [0.25, 0.3) is 5.57 Å². The number of methoxy groups -OCH3 is 2. The van der Waals surface area contributed by atoms with Crippen LogP contribution in [0, 0.1) is 11.8 Å². The van der Waals surface area contributed by atoms with Crippen LogP contribution in [0.2, 0.25) is 0 Å². The van der Waals surface area contributed by atoms with Gasteiger partial charge in [-0.3, -0.25) is 0 Å². The third kappa shape index (κ3) is 1.60. The van der Waals surface area contributed by atoms with Crippen molar-refractivity contribution in [3.63, 3.8) is 0 Å². The molecule has 24 heavy (non-hydrogen) atoms. The van der Waals surface area contributed by atoms with Gasteiger partial charge in [0.1, 0.15) is 11.5 Å². The van der Waals surface area contributed by atoms with Crippen LogP contribution in [0.1, 0.15) is 29.7 Å². The van der Waals surface area contributed by atoms with Crippen molar-refractivity contribution in [1.82, 2.24) is 0 Å². The summed E-state index contributed by atoms with van der Waals surface area (Å²) in [4.78, 5) is 0. The lowest BCUT2D eigenvalue weighted by molar-refractivity contribution is -0.0174. The molecule has 0 aromatic heterocycles. The molecule has 4 unspecified atom stereocenters. The van der Waals surface area contributed by atoms with Gasteiger partial charge in [-0.2, -0.15) is 0 Å². The maximum atomic E-state index is 6.47. The molecular formula is C21H20O3. The minimum Gasteiger partial charge on any atom is -0.497 e. The third-order valence-electron chi connectivity index (χ3n) is 5.89. The Morgan fingerprint density at radius 1 is 1.00 bits per heavy atom. The minimum atomic E-state index is -0.230. The Balaban J connectivity index is 1.59. The molecule has 5 rings (SSSR count). The van der Waals surface area contributed by atoms with Crippen molar-refractivity contribution < 1.29 is 14.2 Å². The van der Waals surface area contributed by atoms with Gasteiger partial charge in [0.05, 0.1) is 25.9 Å². The van der Waals surface area contributed by atoms with E-state index in [1.807, 2.05) is 6.07 Å². The van der Waals surface area contributed by atoms with E-state index in [1.54, 1.807) is 14.2 Å². The number of ether oxygens (including phenoxy) is 3. The van der Waals surface area contributed by atoms with Gasteiger partial charge >= 0.3 is 0 Å². The SMILES string of the molecule is COc1cc(OC)cc(C2=CC3C4OC(C)(c5ccccc54)C23)c1. The van der Waals surface area contributed by atoms with Crippen LogP contribution >= 0.6 is 0 Å². The average molecular weight is 320 g/mol. The molecule has 0 saturated carbocycles. The van der Waals surface area contributed by atoms with Crippen molar-refractivity contribution in [3.05, 3.63) is 65.2 Å². The molecule has 0 spiro atoms. The van der Waals surface area contributed by atoms with Gasteiger partial charge in [-0.15, -0.1) is 0 Å². The van der Waals surface area contributed by atoms with Crippen LogP contribution in [0.3, 0.4) is 0 Å². The van der Waals surface area contributed by atoms with Crippen molar-refractivity contribution in [2.24, 2.45) is 11.8 Å². The molecule has 2 heterocycles. The Kier molecular flexibility index (Phi) is 2.73. The summed E-state index contributed by atoms with van der Waals surface area (Å²) < 4.78 is 17.3. The smallest absolute Gasteiger partial charge is 0.123 e. The summed E-state index contributed by atoms with van der Waals surface area (Å²) in [6.07, 6.45) is 2.57. The van der Waals surface area contributed by atoms with Crippen LogP contribution in [0.4, 0.5) is 0 Å². The molecule has 2 bridgehead atoms. The highest BCUT2D eigenvalue weighted by molar-refractivity contribution is 5.78. The van der Waals surface area contributed by atoms with Gasteiger partial charge in [-0.1, -0.05) is 30.3 Å². The van der Waals surface area contributed by atoms with E-state index >= 15 is 0 Å². The molecule has 0 N–H and O–H groups in total. The third-order valence-corrected chi connectivity index (χ3v) is 5.89. The first-order valence-electron chi connectivity index (χ1n) is 8.38. The van der Waals surface area contributed by atoms with Crippen LogP contribution in [-0.2, 0) is 10.3 Å². The molecule has 2 aromatic carbocycles. The van der Waals surface area contributed by atoms with E-state index in [2.05, 4.69) is 49.4 Å². The van der Waals surface area contributed by atoms with E-state index < -0.39 is 0 Å². The molecule has 0 amide bonds. The van der Waals surface area contributed by atoms with E-state index in [0.717, 1.165) is 11.5 Å². The molecular weight excluding hydrogens is 300 g/mol. The lowest BCUT2D eigenvalue weighted by Crippen LogP contribution is -2.38. The van der Waals surface area contributed by atoms with Gasteiger partial charge in [0.25, 0.3) is 0 Å². The molecule has 2 aromatic rings. The zero-order valence-electron chi connectivity index (χ0n) is 14.1. The second kappa shape index (κ2) is 4.64. The predicted molar refractivity (Wildman–Crippen MR) is 92.1 cm³/mol. The second-order valence-electron chi connectivity index (χ2n) is 7.01. The van der Waals surface area contributed by atoms with Crippen LogP contribution in [0.5, 0.6) is 11.5 Å². The van der Waals surface area contributed by atoms with E-state index in [1.165, 1.54) is 22.3 Å². The lowest BCUT2D eigenvalue weighted by Gasteiger charge is -2.42. The molecule has 3 nitrogen and oxygen atoms in total. The number of hydrogen-bond acceptors (Lipinski definition) is 3. The van der Waals surface area contributed by atoms with Crippen molar-refractivity contribution in [2.75, 3.05) is 14.2 Å². The zero-order valence-corrected chi connectivity index (χ0v) is 14.1. The van der Waals surface area contributed by atoms with E-state index in [0.29, 0.717) is 11.8 Å². The number of benzene rings is 2. The number of hydrogen-bond donors (Lipinski definition) is 0. The van der Waals surface area contributed by atoms with Crippen LogP contribution < -0.4 is 9.47 Å². The Morgan fingerprint density at radius 3 is 2.42 bits per heavy atom. The summed E-state index contributed by atoms with van der Waals surface area (Å²) in [6.45, 7) is 2.24. The Morgan fingerprint density at radius 2 is 1.71 bits per heavy atom. The summed E-state index contributed by atoms with van der Waals surface area (Å²) >= 11 is 0. The summed E-state index contributed by atoms with van der Waals surface area (Å²) in [5.74, 6) is 2.51. The largest absolute Gasteiger partial charge is 0.497 e. The van der Waals surface area contributed by atoms with Crippen LogP contribution in [0.15, 0.2) is 48.5 Å². The van der Waals surface area contributed by atoms with E-state index in [9.17, 15) is 0 Å². The Hall–Kier alpha value is -2.26. The molecule has 1 aliphatic carbocycles. The minimum absolute atomic E-state index is 0.201. The fourth-order valence-corrected chi connectivity index (χ4v) is 4.79. The van der Waals surface area contributed by atoms with Crippen molar-refractivity contribution in [3.8, 4) is 11.5 Å². The average Bonchev–Trinajstić information content (AvgIpc) is 2.99. The zero-order chi connectivity index (χ0) is 16.5. The maximum absolute atomic E-state index is 6.47. The fraction of sp³-hybridized carbons (Fsp3) is 0.333. The van der Waals surface area contributed by atoms with Gasteiger partial charge < -0.3 is 14.2 Å². The predicted octanol–water partition coefficient (Wildman–Crippen LogP) is 4.33. The van der Waals surface area contributed by atoms with Gasteiger partial charge in [0.15, 0.2) is 0 Å². The van der Waals surface area contributed by atoms with Gasteiger partial charge in [0, 0.05) is 17.9 Å². The monoisotopic (exact) mass is 320 g/mol. The molecule has 2 aliphatic heterocycles. The topological polar surface area (TPSA) is 27.7 Å². The maximum Gasteiger partial charge on any atom is 0.123 e. The Bertz CT molecular complexity index is 847. The van der Waals surface area contributed by atoms with Gasteiger partial charge in [-0.05, 0) is 41.3 Å². The molecule has 122 valence electrons. The first-order chi connectivity index (χ1) is 11.7. The van der Waals surface area contributed by atoms with Crippen LogP contribution in [-0.4, -0.2) is 14.2 Å². The molecule has 4 atom stereocenters.